The summed E-state index contributed by atoms with van der Waals surface area (Å²) in [5.41, 5.74) is 9.33. The number of carbonyl (C=O) groups excluding carboxylic acids is 2. The highest BCUT2D eigenvalue weighted by atomic mass is 16.5. The average molecular weight is 495 g/mol. The number of likely N-dealkylation sites (tertiary alicyclic amines) is 1. The molecule has 2 amide bonds. The van der Waals surface area contributed by atoms with Crippen LogP contribution in [0.1, 0.15) is 67.2 Å². The van der Waals surface area contributed by atoms with Gasteiger partial charge in [0.1, 0.15) is 17.0 Å². The van der Waals surface area contributed by atoms with Gasteiger partial charge in [0.25, 0.3) is 5.91 Å². The maximum Gasteiger partial charge on any atom is 0.409 e. The smallest absolute Gasteiger partial charge is 0.409 e. The molecule has 192 valence electrons. The molecule has 9 nitrogen and oxygen atoms in total. The number of rotatable bonds is 5. The number of nitrogens with one attached hydrogen (secondary N) is 1. The van der Waals surface area contributed by atoms with Crippen LogP contribution in [0.5, 0.6) is 11.6 Å². The van der Waals surface area contributed by atoms with Crippen LogP contribution in [0.4, 0.5) is 10.5 Å². The Morgan fingerprint density at radius 2 is 2.00 bits per heavy atom. The van der Waals surface area contributed by atoms with Gasteiger partial charge in [0.05, 0.1) is 31.5 Å². The number of hydrogen-bond donors (Lipinski definition) is 2. The van der Waals surface area contributed by atoms with Crippen LogP contribution in [-0.4, -0.2) is 54.8 Å². The van der Waals surface area contributed by atoms with Gasteiger partial charge in [0.2, 0.25) is 5.88 Å². The number of allylic oxidation sites excluding steroid dienone is 1. The van der Waals surface area contributed by atoms with Gasteiger partial charge >= 0.3 is 6.09 Å². The van der Waals surface area contributed by atoms with Crippen molar-refractivity contribution in [3.8, 4) is 11.6 Å². The minimum Gasteiger partial charge on any atom is -0.485 e. The molecule has 2 aliphatic heterocycles. The van der Waals surface area contributed by atoms with E-state index >= 15 is 0 Å². The first kappa shape index (κ1) is 25.3. The third-order valence-electron chi connectivity index (χ3n) is 7.06. The number of nitrogens with zero attached hydrogens (tertiary/aromatic N) is 2. The van der Waals surface area contributed by atoms with Gasteiger partial charge in [-0.1, -0.05) is 30.7 Å². The number of hydrogen-bond acceptors (Lipinski definition) is 7. The molecular formula is C27H34N4O5. The second-order valence-corrected chi connectivity index (χ2v) is 9.36. The molecular weight excluding hydrogens is 460 g/mol. The third-order valence-corrected chi connectivity index (χ3v) is 7.06. The van der Waals surface area contributed by atoms with Crippen molar-refractivity contribution in [2.75, 3.05) is 33.0 Å². The Balaban J connectivity index is 1.62. The highest BCUT2D eigenvalue weighted by Gasteiger charge is 2.45. The van der Waals surface area contributed by atoms with E-state index in [4.69, 9.17) is 19.9 Å². The molecule has 0 radical (unpaired) electrons. The van der Waals surface area contributed by atoms with Crippen LogP contribution >= 0.6 is 0 Å². The predicted octanol–water partition coefficient (Wildman–Crippen LogP) is 4.34. The molecule has 0 aliphatic carbocycles. The van der Waals surface area contributed by atoms with Crippen LogP contribution in [0.2, 0.25) is 0 Å². The van der Waals surface area contributed by atoms with Gasteiger partial charge in [-0.3, -0.25) is 4.79 Å². The first-order valence-electron chi connectivity index (χ1n) is 12.2. The molecule has 1 unspecified atom stereocenters. The number of ether oxygens (including phenoxy) is 3. The normalized spacial score (nSPS) is 18.7. The van der Waals surface area contributed by atoms with Gasteiger partial charge < -0.3 is 30.2 Å². The summed E-state index contributed by atoms with van der Waals surface area (Å²) in [6.45, 7) is 5.12. The average Bonchev–Trinajstić information content (AvgIpc) is 2.89. The first-order valence-corrected chi connectivity index (χ1v) is 12.2. The molecule has 1 fully saturated rings. The minimum atomic E-state index is -0.542. The van der Waals surface area contributed by atoms with E-state index in [2.05, 4.69) is 17.2 Å². The Kier molecular flexibility index (Phi) is 7.37. The van der Waals surface area contributed by atoms with Gasteiger partial charge in [0, 0.05) is 38.4 Å². The van der Waals surface area contributed by atoms with Crippen molar-refractivity contribution < 1.29 is 23.8 Å². The Morgan fingerprint density at radius 1 is 1.25 bits per heavy atom. The van der Waals surface area contributed by atoms with E-state index in [0.29, 0.717) is 60.9 Å². The topological polar surface area (TPSA) is 116 Å². The lowest BCUT2D eigenvalue weighted by molar-refractivity contribution is -0.0233. The second-order valence-electron chi connectivity index (χ2n) is 9.36. The molecule has 0 bridgehead atoms. The van der Waals surface area contributed by atoms with E-state index < -0.39 is 11.6 Å². The molecule has 9 heteroatoms. The van der Waals surface area contributed by atoms with E-state index in [9.17, 15) is 9.59 Å². The van der Waals surface area contributed by atoms with Crippen LogP contribution in [0, 0.1) is 0 Å². The van der Waals surface area contributed by atoms with Crippen molar-refractivity contribution in [2.24, 2.45) is 0 Å². The number of benzene rings is 1. The summed E-state index contributed by atoms with van der Waals surface area (Å²) in [6, 6.07) is 8.62. The maximum atomic E-state index is 13.5. The van der Waals surface area contributed by atoms with E-state index in [1.165, 1.54) is 12.7 Å². The van der Waals surface area contributed by atoms with Gasteiger partial charge in [0.15, 0.2) is 0 Å². The molecule has 3 heterocycles. The van der Waals surface area contributed by atoms with Gasteiger partial charge in [-0.05, 0) is 31.0 Å². The van der Waals surface area contributed by atoms with Crippen LogP contribution in [-0.2, 0) is 4.74 Å². The molecule has 3 N–H and O–H groups in total. The zero-order chi connectivity index (χ0) is 25.9. The lowest BCUT2D eigenvalue weighted by Crippen LogP contribution is -2.53. The zero-order valence-corrected chi connectivity index (χ0v) is 21.3. The number of aromatic nitrogens is 1. The molecule has 1 aromatic heterocycles. The first-order chi connectivity index (χ1) is 17.3. The van der Waals surface area contributed by atoms with E-state index in [1.54, 1.807) is 24.1 Å². The van der Waals surface area contributed by atoms with Crippen molar-refractivity contribution in [3.63, 3.8) is 0 Å². The number of methoxy groups -OCH3 is 2. The molecule has 1 aromatic carbocycles. The lowest BCUT2D eigenvalue weighted by atomic mass is 9.81. The Hall–Kier alpha value is -3.75. The van der Waals surface area contributed by atoms with Crippen LogP contribution in [0.3, 0.4) is 0 Å². The molecule has 1 saturated heterocycles. The van der Waals surface area contributed by atoms with Crippen molar-refractivity contribution in [1.82, 2.24) is 15.2 Å². The lowest BCUT2D eigenvalue weighted by Gasteiger charge is -2.46. The van der Waals surface area contributed by atoms with Gasteiger partial charge in [-0.25, -0.2) is 9.78 Å². The van der Waals surface area contributed by atoms with Crippen molar-refractivity contribution in [3.05, 3.63) is 52.7 Å². The summed E-state index contributed by atoms with van der Waals surface area (Å²) < 4.78 is 16.7. The van der Waals surface area contributed by atoms with Crippen LogP contribution < -0.4 is 20.5 Å². The fraction of sp³-hybridized carbons (Fsp3) is 0.444. The number of nitrogen functional groups attached to an aromatic ring is 1. The molecule has 0 saturated carbocycles. The number of fused-ring (bicyclic) bond motifs is 1. The molecule has 36 heavy (non-hydrogen) atoms. The van der Waals surface area contributed by atoms with E-state index in [-0.39, 0.29) is 12.0 Å². The molecule has 4 rings (SSSR count). The van der Waals surface area contributed by atoms with Crippen LogP contribution in [0.25, 0.3) is 6.08 Å². The number of amides is 2. The Morgan fingerprint density at radius 3 is 2.67 bits per heavy atom. The minimum absolute atomic E-state index is 0.276. The Bertz CT molecular complexity index is 1170. The summed E-state index contributed by atoms with van der Waals surface area (Å²) in [7, 11) is 2.93. The highest BCUT2D eigenvalue weighted by Crippen LogP contribution is 2.44. The summed E-state index contributed by atoms with van der Waals surface area (Å²) in [5.74, 6) is 0.762. The van der Waals surface area contributed by atoms with Crippen molar-refractivity contribution in [2.45, 2.75) is 51.2 Å². The van der Waals surface area contributed by atoms with Crippen LogP contribution in [0.15, 0.2) is 35.9 Å². The summed E-state index contributed by atoms with van der Waals surface area (Å²) in [4.78, 5) is 31.7. The standard InChI is InChI=1S/C27H34N4O5/c1-5-17(2)15-18-7-6-8-19(23(18)28)25(32)29-20-16-27(11-13-31(14-12-27)26(33)35-4)36-21-9-10-22(34-3)30-24(20)21/h6-10,15,20H,5,11-14,16,28H2,1-4H3,(H,29,32). The number of para-hydroxylation sites is 1. The summed E-state index contributed by atoms with van der Waals surface area (Å²) >= 11 is 0. The number of carbonyl (C=O) groups is 2. The molecule has 1 atom stereocenters. The largest absolute Gasteiger partial charge is 0.485 e. The number of nitrogens with two attached hydrogens (primary N) is 1. The van der Waals surface area contributed by atoms with E-state index in [1.807, 2.05) is 31.2 Å². The molecule has 1 spiro atoms. The molecule has 2 aliphatic rings. The monoisotopic (exact) mass is 494 g/mol. The van der Waals surface area contributed by atoms with Gasteiger partial charge in [-0.15, -0.1) is 0 Å². The fourth-order valence-electron chi connectivity index (χ4n) is 4.80. The van der Waals surface area contributed by atoms with Crippen molar-refractivity contribution >= 4 is 23.8 Å². The predicted molar refractivity (Wildman–Crippen MR) is 137 cm³/mol. The highest BCUT2D eigenvalue weighted by molar-refractivity contribution is 6.01. The quantitative estimate of drug-likeness (QED) is 0.594. The third kappa shape index (κ3) is 5.10. The SMILES string of the molecule is CCC(C)=Cc1cccc(C(=O)NC2CC3(CCN(C(=O)OC)CC3)Oc3ccc(OC)nc32)c1N. The van der Waals surface area contributed by atoms with E-state index in [0.717, 1.165) is 12.0 Å². The second kappa shape index (κ2) is 10.5. The van der Waals surface area contributed by atoms with Crippen molar-refractivity contribution in [1.29, 1.82) is 0 Å². The molecule has 2 aromatic rings. The summed E-state index contributed by atoms with van der Waals surface area (Å²) in [6.07, 6.45) is 4.29. The van der Waals surface area contributed by atoms with Gasteiger partial charge in [-0.2, -0.15) is 0 Å². The fourth-order valence-corrected chi connectivity index (χ4v) is 4.80. The number of pyridine rings is 1. The Labute approximate surface area is 211 Å². The summed E-state index contributed by atoms with van der Waals surface area (Å²) in [5, 5.41) is 3.15. The zero-order valence-electron chi connectivity index (χ0n) is 21.3. The number of anilines is 1. The maximum absolute atomic E-state index is 13.5. The number of piperidine rings is 1.